The van der Waals surface area contributed by atoms with Crippen LogP contribution in [0.4, 0.5) is 17.1 Å². The van der Waals surface area contributed by atoms with Crippen LogP contribution in [0.3, 0.4) is 0 Å². The van der Waals surface area contributed by atoms with Crippen molar-refractivity contribution in [1.82, 2.24) is 9.13 Å². The van der Waals surface area contributed by atoms with Crippen LogP contribution in [0.1, 0.15) is 0 Å². The number of para-hydroxylation sites is 2. The van der Waals surface area contributed by atoms with E-state index in [1.165, 1.54) is 143 Å². The van der Waals surface area contributed by atoms with Crippen LogP contribution < -0.4 is 21.3 Å². The molecule has 0 spiro atoms. The lowest BCUT2D eigenvalue weighted by atomic mass is 9.33. The molecule has 13 aromatic rings. The predicted molar refractivity (Wildman–Crippen MR) is 278 cm³/mol. The Balaban J connectivity index is 1.08. The van der Waals surface area contributed by atoms with Crippen molar-refractivity contribution >= 4 is 105 Å². The van der Waals surface area contributed by atoms with Gasteiger partial charge in [0.05, 0.1) is 27.8 Å². The van der Waals surface area contributed by atoms with Gasteiger partial charge in [0.25, 0.3) is 6.71 Å². The molecule has 17 rings (SSSR count). The molecule has 2 aromatic heterocycles. The van der Waals surface area contributed by atoms with E-state index in [1.54, 1.807) is 0 Å². The first kappa shape index (κ1) is 33.9. The zero-order valence-electron chi connectivity index (χ0n) is 35.5. The molecule has 4 heterocycles. The van der Waals surface area contributed by atoms with Crippen molar-refractivity contribution in [3.63, 3.8) is 0 Å². The number of benzene rings is 11. The maximum absolute atomic E-state index is 2.66. The molecule has 66 heavy (non-hydrogen) atoms. The van der Waals surface area contributed by atoms with Crippen molar-refractivity contribution in [1.29, 1.82) is 0 Å². The van der Waals surface area contributed by atoms with Gasteiger partial charge in [-0.15, -0.1) is 0 Å². The van der Waals surface area contributed by atoms with E-state index in [0.29, 0.717) is 0 Å². The molecule has 0 fully saturated rings. The molecule has 2 aliphatic heterocycles. The first-order valence-corrected chi connectivity index (χ1v) is 23.1. The second-order valence-corrected chi connectivity index (χ2v) is 18.7. The van der Waals surface area contributed by atoms with Gasteiger partial charge in [-0.3, -0.25) is 0 Å². The molecule has 11 aromatic carbocycles. The van der Waals surface area contributed by atoms with E-state index in [4.69, 9.17) is 0 Å². The Morgan fingerprint density at radius 3 is 1.52 bits per heavy atom. The number of aromatic nitrogens is 2. The maximum Gasteiger partial charge on any atom is 0.252 e. The van der Waals surface area contributed by atoms with Crippen LogP contribution in [-0.2, 0) is 0 Å². The van der Waals surface area contributed by atoms with Crippen LogP contribution in [0.5, 0.6) is 0 Å². The molecule has 300 valence electrons. The van der Waals surface area contributed by atoms with Gasteiger partial charge in [-0.25, -0.2) is 0 Å². The minimum absolute atomic E-state index is 0.0219. The molecule has 0 N–H and O–H groups in total. The van der Waals surface area contributed by atoms with E-state index in [9.17, 15) is 0 Å². The fraction of sp³-hybridized carbons (Fsp3) is 0. The van der Waals surface area contributed by atoms with Gasteiger partial charge in [0.15, 0.2) is 0 Å². The van der Waals surface area contributed by atoms with Crippen molar-refractivity contribution in [3.8, 4) is 55.9 Å². The third kappa shape index (κ3) is 3.89. The summed E-state index contributed by atoms with van der Waals surface area (Å²) in [6, 6.07) is 78.3. The number of anilines is 3. The minimum Gasteiger partial charge on any atom is -0.311 e. The normalized spacial score (nSPS) is 13.4. The third-order valence-electron chi connectivity index (χ3n) is 15.7. The van der Waals surface area contributed by atoms with Crippen LogP contribution in [0.15, 0.2) is 206 Å². The zero-order chi connectivity index (χ0) is 42.5. The maximum atomic E-state index is 2.66. The van der Waals surface area contributed by atoms with E-state index >= 15 is 0 Å². The minimum atomic E-state index is 0.0219. The van der Waals surface area contributed by atoms with Crippen molar-refractivity contribution in [3.05, 3.63) is 206 Å². The lowest BCUT2D eigenvalue weighted by Gasteiger charge is -2.40. The Kier molecular flexibility index (Phi) is 6.03. The SMILES string of the molecule is c1ccc(N2c3ccccc3B3c4c2cc(-n2c5cccc6c5c5c7c(cccc7ccc52)-c2ccccc2-6)cc4-n2c4ccc5cccc6c5c4c4c(ccc3c42)-c2ccccc2-6)cc1. The molecule has 0 saturated heterocycles. The van der Waals surface area contributed by atoms with Crippen molar-refractivity contribution in [2.24, 2.45) is 0 Å². The third-order valence-corrected chi connectivity index (χ3v) is 15.7. The van der Waals surface area contributed by atoms with Gasteiger partial charge in [0, 0.05) is 44.3 Å². The summed E-state index contributed by atoms with van der Waals surface area (Å²) in [7, 11) is 0. The molecule has 0 atom stereocenters. The highest BCUT2D eigenvalue weighted by atomic mass is 15.2. The summed E-state index contributed by atoms with van der Waals surface area (Å²) in [5.74, 6) is 0. The van der Waals surface area contributed by atoms with Gasteiger partial charge >= 0.3 is 0 Å². The van der Waals surface area contributed by atoms with E-state index in [1.807, 2.05) is 0 Å². The van der Waals surface area contributed by atoms with E-state index in [0.717, 1.165) is 11.4 Å². The summed E-state index contributed by atoms with van der Waals surface area (Å²) < 4.78 is 5.24. The Bertz CT molecular complexity index is 4420. The van der Waals surface area contributed by atoms with Crippen molar-refractivity contribution in [2.45, 2.75) is 0 Å². The summed E-state index contributed by atoms with van der Waals surface area (Å²) in [4.78, 5) is 2.54. The molecule has 0 saturated carbocycles. The molecule has 0 amide bonds. The highest BCUT2D eigenvalue weighted by Gasteiger charge is 2.43. The molecule has 0 unspecified atom stereocenters. The molecule has 0 radical (unpaired) electrons. The molecule has 4 heteroatoms. The van der Waals surface area contributed by atoms with Crippen LogP contribution in [-0.4, -0.2) is 15.8 Å². The second-order valence-electron chi connectivity index (χ2n) is 18.7. The van der Waals surface area contributed by atoms with Gasteiger partial charge < -0.3 is 14.0 Å². The highest BCUT2D eigenvalue weighted by molar-refractivity contribution is 7.00. The molecule has 4 aliphatic rings. The standard InChI is InChI=1S/C62H34BN3/c1-2-15-37(16-3-1)64-49-25-9-8-24-47(49)63-48-30-29-46-42-20-7-5-18-40(42)44-22-11-14-36-28-32-52-60(56(36)44)58(46)62(48)66(52)54-34-38(33-53(64)61(54)63)65-50-26-12-23-45-41-19-6-4-17-39(41)43-21-10-13-35-27-31-51(65)59(55(35)43)57(45)50/h1-34H. The number of hydrogen-bond donors (Lipinski definition) is 0. The summed E-state index contributed by atoms with van der Waals surface area (Å²) in [6.45, 7) is 0.0219. The van der Waals surface area contributed by atoms with E-state index in [2.05, 4.69) is 220 Å². The highest BCUT2D eigenvalue weighted by Crippen LogP contribution is 2.53. The van der Waals surface area contributed by atoms with E-state index in [-0.39, 0.29) is 6.71 Å². The van der Waals surface area contributed by atoms with Crippen molar-refractivity contribution < 1.29 is 0 Å². The molecular weight excluding hydrogens is 798 g/mol. The first-order chi connectivity index (χ1) is 32.8. The van der Waals surface area contributed by atoms with Crippen LogP contribution in [0, 0.1) is 0 Å². The van der Waals surface area contributed by atoms with Gasteiger partial charge in [0.1, 0.15) is 0 Å². The average Bonchev–Trinajstić information content (AvgIpc) is 3.83. The Labute approximate surface area is 379 Å². The number of fused-ring (bicyclic) bond motifs is 11. The van der Waals surface area contributed by atoms with Crippen LogP contribution in [0.25, 0.3) is 121 Å². The Morgan fingerprint density at radius 1 is 0.288 bits per heavy atom. The summed E-state index contributed by atoms with van der Waals surface area (Å²) in [5, 5.41) is 10.5. The number of hydrogen-bond acceptors (Lipinski definition) is 1. The zero-order valence-corrected chi connectivity index (χ0v) is 35.5. The smallest absolute Gasteiger partial charge is 0.252 e. The molecule has 3 nitrogen and oxygen atoms in total. The van der Waals surface area contributed by atoms with E-state index < -0.39 is 0 Å². The molecular formula is C62H34BN3. The van der Waals surface area contributed by atoms with Gasteiger partial charge in [-0.1, -0.05) is 158 Å². The number of rotatable bonds is 2. The summed E-state index contributed by atoms with van der Waals surface area (Å²) in [6.07, 6.45) is 0. The van der Waals surface area contributed by atoms with Gasteiger partial charge in [-0.05, 0) is 131 Å². The Morgan fingerprint density at radius 2 is 0.818 bits per heavy atom. The van der Waals surface area contributed by atoms with Crippen molar-refractivity contribution in [2.75, 3.05) is 4.90 Å². The summed E-state index contributed by atoms with van der Waals surface area (Å²) >= 11 is 0. The monoisotopic (exact) mass is 831 g/mol. The van der Waals surface area contributed by atoms with Crippen LogP contribution in [0.2, 0.25) is 0 Å². The van der Waals surface area contributed by atoms with Gasteiger partial charge in [0.2, 0.25) is 0 Å². The number of nitrogens with zero attached hydrogens (tertiary/aromatic N) is 3. The summed E-state index contributed by atoms with van der Waals surface area (Å²) in [5.41, 5.74) is 25.4. The lowest BCUT2D eigenvalue weighted by molar-refractivity contribution is 1.13. The quantitative estimate of drug-likeness (QED) is 0.158. The predicted octanol–water partition coefficient (Wildman–Crippen LogP) is 14.1. The Hall–Kier alpha value is -8.60. The van der Waals surface area contributed by atoms with Crippen LogP contribution >= 0.6 is 0 Å². The second kappa shape index (κ2) is 11.7. The molecule has 2 aliphatic carbocycles. The fourth-order valence-electron chi connectivity index (χ4n) is 13.3. The lowest BCUT2D eigenvalue weighted by Crippen LogP contribution is -2.60. The van der Waals surface area contributed by atoms with Gasteiger partial charge in [-0.2, -0.15) is 0 Å². The molecule has 0 bridgehead atoms. The topological polar surface area (TPSA) is 13.1 Å². The fourth-order valence-corrected chi connectivity index (χ4v) is 13.3. The largest absolute Gasteiger partial charge is 0.311 e. The average molecular weight is 832 g/mol. The first-order valence-electron chi connectivity index (χ1n) is 23.1.